The number of rotatable bonds is 6. The summed E-state index contributed by atoms with van der Waals surface area (Å²) in [6, 6.07) is 13.7. The average Bonchev–Trinajstić information content (AvgIpc) is 3.18. The van der Waals surface area contributed by atoms with Gasteiger partial charge in [-0.15, -0.1) is 0 Å². The van der Waals surface area contributed by atoms with Crippen molar-refractivity contribution in [3.8, 4) is 17.2 Å². The van der Waals surface area contributed by atoms with Crippen LogP contribution in [0.2, 0.25) is 0 Å². The fourth-order valence-corrected chi connectivity index (χ4v) is 3.50. The summed E-state index contributed by atoms with van der Waals surface area (Å²) in [7, 11) is 4.86. The maximum absolute atomic E-state index is 12.9. The lowest BCUT2D eigenvalue weighted by Gasteiger charge is -2.25. The van der Waals surface area contributed by atoms with Gasteiger partial charge in [0.25, 0.3) is 0 Å². The topological polar surface area (TPSA) is 48.0 Å². The van der Waals surface area contributed by atoms with Crippen molar-refractivity contribution < 1.29 is 19.0 Å². The molecule has 0 saturated carbocycles. The molecule has 0 radical (unpaired) electrons. The summed E-state index contributed by atoms with van der Waals surface area (Å²) in [6.45, 7) is 0.794. The zero-order valence-electron chi connectivity index (χ0n) is 15.5. The second-order valence-electron chi connectivity index (χ2n) is 6.38. The fourth-order valence-electron chi connectivity index (χ4n) is 3.50. The first-order valence-electron chi connectivity index (χ1n) is 8.80. The van der Waals surface area contributed by atoms with Crippen molar-refractivity contribution in [2.24, 2.45) is 0 Å². The smallest absolute Gasteiger partial charge is 0.227 e. The van der Waals surface area contributed by atoms with Gasteiger partial charge < -0.3 is 19.1 Å². The molecule has 1 saturated heterocycles. The van der Waals surface area contributed by atoms with E-state index in [9.17, 15) is 4.79 Å². The van der Waals surface area contributed by atoms with E-state index in [1.165, 1.54) is 0 Å². The minimum Gasteiger partial charge on any atom is -0.497 e. The highest BCUT2D eigenvalue weighted by Gasteiger charge is 2.29. The molecule has 26 heavy (non-hydrogen) atoms. The highest BCUT2D eigenvalue weighted by Crippen LogP contribution is 2.34. The summed E-state index contributed by atoms with van der Waals surface area (Å²) < 4.78 is 15.8. The van der Waals surface area contributed by atoms with Gasteiger partial charge >= 0.3 is 0 Å². The number of hydrogen-bond acceptors (Lipinski definition) is 4. The minimum absolute atomic E-state index is 0.133. The molecule has 1 aliphatic rings. The lowest BCUT2D eigenvalue weighted by molar-refractivity contribution is -0.131. The number of nitrogens with zero attached hydrogens (tertiary/aromatic N) is 1. The first-order chi connectivity index (χ1) is 12.7. The summed E-state index contributed by atoms with van der Waals surface area (Å²) in [6.07, 6.45) is 2.37. The first kappa shape index (κ1) is 18.1. The van der Waals surface area contributed by atoms with E-state index in [0.29, 0.717) is 17.9 Å². The monoisotopic (exact) mass is 355 g/mol. The van der Waals surface area contributed by atoms with E-state index in [-0.39, 0.29) is 11.9 Å². The SMILES string of the molecule is COc1ccc([C@H]2CCCN2C(=O)Cc2ccc(OC)c(OC)c2)cc1. The lowest BCUT2D eigenvalue weighted by Crippen LogP contribution is -2.31. The summed E-state index contributed by atoms with van der Waals surface area (Å²) in [4.78, 5) is 14.9. The molecular weight excluding hydrogens is 330 g/mol. The zero-order valence-corrected chi connectivity index (χ0v) is 15.5. The van der Waals surface area contributed by atoms with Crippen LogP contribution in [0.4, 0.5) is 0 Å². The van der Waals surface area contributed by atoms with E-state index in [2.05, 4.69) is 0 Å². The largest absolute Gasteiger partial charge is 0.497 e. The Kier molecular flexibility index (Phi) is 5.66. The van der Waals surface area contributed by atoms with E-state index in [4.69, 9.17) is 14.2 Å². The van der Waals surface area contributed by atoms with E-state index < -0.39 is 0 Å². The predicted octanol–water partition coefficient (Wildman–Crippen LogP) is 3.62. The molecular formula is C21H25NO4. The molecule has 1 amide bonds. The molecule has 1 aliphatic heterocycles. The molecule has 0 aliphatic carbocycles. The number of benzene rings is 2. The molecule has 0 unspecified atom stereocenters. The van der Waals surface area contributed by atoms with Crippen LogP contribution in [-0.2, 0) is 11.2 Å². The third-order valence-electron chi connectivity index (χ3n) is 4.88. The van der Waals surface area contributed by atoms with Crippen molar-refractivity contribution in [3.63, 3.8) is 0 Å². The van der Waals surface area contributed by atoms with Crippen molar-refractivity contribution in [3.05, 3.63) is 53.6 Å². The molecule has 1 fully saturated rings. The van der Waals surface area contributed by atoms with Crippen LogP contribution in [0.1, 0.15) is 30.0 Å². The molecule has 1 heterocycles. The van der Waals surface area contributed by atoms with Crippen molar-refractivity contribution in [2.75, 3.05) is 27.9 Å². The Morgan fingerprint density at radius 3 is 2.38 bits per heavy atom. The Bertz CT molecular complexity index is 757. The van der Waals surface area contributed by atoms with E-state index in [1.807, 2.05) is 47.4 Å². The van der Waals surface area contributed by atoms with Gasteiger partial charge in [0.1, 0.15) is 5.75 Å². The van der Waals surface area contributed by atoms with E-state index in [0.717, 1.165) is 36.3 Å². The van der Waals surface area contributed by atoms with Crippen molar-refractivity contribution in [1.29, 1.82) is 0 Å². The Labute approximate surface area is 154 Å². The van der Waals surface area contributed by atoms with Gasteiger partial charge in [-0.3, -0.25) is 4.79 Å². The second kappa shape index (κ2) is 8.13. The second-order valence-corrected chi connectivity index (χ2v) is 6.38. The van der Waals surface area contributed by atoms with Gasteiger partial charge in [0.15, 0.2) is 11.5 Å². The molecule has 5 nitrogen and oxygen atoms in total. The third kappa shape index (κ3) is 3.77. The van der Waals surface area contributed by atoms with Gasteiger partial charge in [-0.25, -0.2) is 0 Å². The minimum atomic E-state index is 0.133. The maximum Gasteiger partial charge on any atom is 0.227 e. The third-order valence-corrected chi connectivity index (χ3v) is 4.88. The van der Waals surface area contributed by atoms with Crippen LogP contribution in [0.15, 0.2) is 42.5 Å². The highest BCUT2D eigenvalue weighted by atomic mass is 16.5. The highest BCUT2D eigenvalue weighted by molar-refractivity contribution is 5.79. The summed E-state index contributed by atoms with van der Waals surface area (Å²) in [5.74, 6) is 2.28. The van der Waals surface area contributed by atoms with Crippen molar-refractivity contribution >= 4 is 5.91 Å². The van der Waals surface area contributed by atoms with Crippen LogP contribution in [-0.4, -0.2) is 38.7 Å². The van der Waals surface area contributed by atoms with Crippen molar-refractivity contribution in [2.45, 2.75) is 25.3 Å². The van der Waals surface area contributed by atoms with Gasteiger partial charge in [-0.2, -0.15) is 0 Å². The lowest BCUT2D eigenvalue weighted by atomic mass is 10.0. The molecule has 1 atom stereocenters. The molecule has 0 aromatic heterocycles. The number of hydrogen-bond donors (Lipinski definition) is 0. The fraction of sp³-hybridized carbons (Fsp3) is 0.381. The number of likely N-dealkylation sites (tertiary alicyclic amines) is 1. The Hall–Kier alpha value is -2.69. The van der Waals surface area contributed by atoms with Crippen LogP contribution in [0.3, 0.4) is 0 Å². The molecule has 2 aromatic rings. The Balaban J connectivity index is 1.74. The molecule has 0 spiro atoms. The van der Waals surface area contributed by atoms with Crippen molar-refractivity contribution in [1.82, 2.24) is 4.90 Å². The summed E-state index contributed by atoms with van der Waals surface area (Å²) >= 11 is 0. The van der Waals surface area contributed by atoms with Crippen LogP contribution in [0, 0.1) is 0 Å². The first-order valence-corrected chi connectivity index (χ1v) is 8.80. The number of ether oxygens (including phenoxy) is 3. The normalized spacial score (nSPS) is 16.4. The van der Waals surface area contributed by atoms with Gasteiger partial charge in [0.2, 0.25) is 5.91 Å². The van der Waals surface area contributed by atoms with Crippen LogP contribution in [0.25, 0.3) is 0 Å². The Morgan fingerprint density at radius 2 is 1.73 bits per heavy atom. The maximum atomic E-state index is 12.9. The molecule has 5 heteroatoms. The average molecular weight is 355 g/mol. The van der Waals surface area contributed by atoms with Gasteiger partial charge in [0.05, 0.1) is 33.8 Å². The molecule has 2 aromatic carbocycles. The molecule has 3 rings (SSSR count). The summed E-state index contributed by atoms with van der Waals surface area (Å²) in [5, 5.41) is 0. The van der Waals surface area contributed by atoms with Gasteiger partial charge in [-0.05, 0) is 48.2 Å². The van der Waals surface area contributed by atoms with E-state index >= 15 is 0 Å². The number of amides is 1. The molecule has 138 valence electrons. The Morgan fingerprint density at radius 1 is 1.00 bits per heavy atom. The standard InChI is InChI=1S/C21H25NO4/c1-24-17-9-7-16(8-10-17)18-5-4-12-22(18)21(23)14-15-6-11-19(25-2)20(13-15)26-3/h6-11,13,18H,4-5,12,14H2,1-3H3/t18-/m1/s1. The number of methoxy groups -OCH3 is 3. The van der Waals surface area contributed by atoms with E-state index in [1.54, 1.807) is 21.3 Å². The van der Waals surface area contributed by atoms with Crippen LogP contribution >= 0.6 is 0 Å². The quantitative estimate of drug-likeness (QED) is 0.794. The predicted molar refractivity (Wildman–Crippen MR) is 99.9 cm³/mol. The number of carbonyl (C=O) groups is 1. The zero-order chi connectivity index (χ0) is 18.5. The summed E-state index contributed by atoms with van der Waals surface area (Å²) in [5.41, 5.74) is 2.08. The van der Waals surface area contributed by atoms with Crippen LogP contribution < -0.4 is 14.2 Å². The van der Waals surface area contributed by atoms with Crippen LogP contribution in [0.5, 0.6) is 17.2 Å². The van der Waals surface area contributed by atoms with Gasteiger partial charge in [0, 0.05) is 6.54 Å². The molecule has 0 N–H and O–H groups in total. The number of carbonyl (C=O) groups excluding carboxylic acids is 1. The molecule has 0 bridgehead atoms. The van der Waals surface area contributed by atoms with Gasteiger partial charge in [-0.1, -0.05) is 18.2 Å².